The van der Waals surface area contributed by atoms with Crippen molar-refractivity contribution in [3.8, 4) is 0 Å². The number of ketones is 1. The van der Waals surface area contributed by atoms with Crippen molar-refractivity contribution < 1.29 is 4.79 Å². The Morgan fingerprint density at radius 1 is 1.47 bits per heavy atom. The molecule has 3 nitrogen and oxygen atoms in total. The molecule has 0 N–H and O–H groups in total. The van der Waals surface area contributed by atoms with Crippen LogP contribution in [0.25, 0.3) is 11.0 Å². The summed E-state index contributed by atoms with van der Waals surface area (Å²) < 4.78 is 2.76. The van der Waals surface area contributed by atoms with Gasteiger partial charge < -0.3 is 4.57 Å². The molecule has 0 aliphatic carbocycles. The third-order valence-corrected chi connectivity index (χ3v) is 3.00. The highest BCUT2D eigenvalue weighted by atomic mass is 79.9. The van der Waals surface area contributed by atoms with Crippen molar-refractivity contribution >= 4 is 32.7 Å². The molecule has 0 spiro atoms. The first kappa shape index (κ1) is 10.4. The smallest absolute Gasteiger partial charge is 0.195 e. The van der Waals surface area contributed by atoms with Crippen molar-refractivity contribution in [3.05, 3.63) is 28.0 Å². The Labute approximate surface area is 96.2 Å². The quantitative estimate of drug-likeness (QED) is 0.744. The van der Waals surface area contributed by atoms with Crippen LogP contribution in [0, 0.1) is 6.92 Å². The predicted molar refractivity (Wildman–Crippen MR) is 63.2 cm³/mol. The van der Waals surface area contributed by atoms with E-state index in [0.29, 0.717) is 5.82 Å². The summed E-state index contributed by atoms with van der Waals surface area (Å²) in [5.41, 5.74) is 2.97. The molecule has 4 heteroatoms. The Bertz CT molecular complexity index is 557. The van der Waals surface area contributed by atoms with Crippen LogP contribution < -0.4 is 0 Å². The number of benzene rings is 1. The molecule has 78 valence electrons. The van der Waals surface area contributed by atoms with E-state index in [-0.39, 0.29) is 5.78 Å². The number of imidazole rings is 1. The van der Waals surface area contributed by atoms with Crippen molar-refractivity contribution in [2.45, 2.75) is 13.8 Å². The SMILES string of the molecule is CC(=O)c1nc2c(Br)cc(C)cc2n1C. The summed E-state index contributed by atoms with van der Waals surface area (Å²) in [6.45, 7) is 3.55. The minimum atomic E-state index is -0.0155. The van der Waals surface area contributed by atoms with Crippen molar-refractivity contribution in [1.29, 1.82) is 0 Å². The molecule has 0 amide bonds. The van der Waals surface area contributed by atoms with Gasteiger partial charge >= 0.3 is 0 Å². The van der Waals surface area contributed by atoms with Crippen LogP contribution in [0.3, 0.4) is 0 Å². The van der Waals surface area contributed by atoms with Gasteiger partial charge in [0.25, 0.3) is 0 Å². The number of nitrogens with zero attached hydrogens (tertiary/aromatic N) is 2. The van der Waals surface area contributed by atoms with Gasteiger partial charge in [-0.3, -0.25) is 4.79 Å². The lowest BCUT2D eigenvalue weighted by molar-refractivity contribution is 0.100. The number of hydrogen-bond acceptors (Lipinski definition) is 2. The second kappa shape index (κ2) is 3.45. The number of carbonyl (C=O) groups is 1. The molecule has 0 unspecified atom stereocenters. The van der Waals surface area contributed by atoms with E-state index in [1.807, 2.05) is 30.7 Å². The van der Waals surface area contributed by atoms with Crippen molar-refractivity contribution in [2.75, 3.05) is 0 Å². The molecule has 0 saturated heterocycles. The van der Waals surface area contributed by atoms with E-state index in [1.54, 1.807) is 0 Å². The van der Waals surface area contributed by atoms with E-state index in [0.717, 1.165) is 21.1 Å². The molecule has 1 aromatic carbocycles. The number of rotatable bonds is 1. The van der Waals surface area contributed by atoms with Gasteiger partial charge in [0.2, 0.25) is 0 Å². The van der Waals surface area contributed by atoms with Crippen LogP contribution in [0.1, 0.15) is 23.1 Å². The van der Waals surface area contributed by atoms with Gasteiger partial charge in [-0.1, -0.05) is 0 Å². The number of aromatic nitrogens is 2. The maximum Gasteiger partial charge on any atom is 0.195 e. The van der Waals surface area contributed by atoms with Gasteiger partial charge in [0.05, 0.1) is 5.52 Å². The van der Waals surface area contributed by atoms with Gasteiger partial charge in [-0.05, 0) is 40.5 Å². The number of carbonyl (C=O) groups excluding carboxylic acids is 1. The van der Waals surface area contributed by atoms with Gasteiger partial charge in [0.15, 0.2) is 11.6 Å². The molecule has 0 atom stereocenters. The molecule has 2 aromatic rings. The molecular formula is C11H11BrN2O. The molecule has 1 aromatic heterocycles. The number of aryl methyl sites for hydroxylation is 2. The topological polar surface area (TPSA) is 34.9 Å². The van der Waals surface area contributed by atoms with Crippen LogP contribution in [0.2, 0.25) is 0 Å². The Morgan fingerprint density at radius 2 is 2.13 bits per heavy atom. The second-order valence-electron chi connectivity index (χ2n) is 3.67. The highest BCUT2D eigenvalue weighted by Crippen LogP contribution is 2.25. The van der Waals surface area contributed by atoms with Crippen molar-refractivity contribution in [1.82, 2.24) is 9.55 Å². The highest BCUT2D eigenvalue weighted by Gasteiger charge is 2.13. The molecule has 0 radical (unpaired) electrons. The van der Waals surface area contributed by atoms with E-state index in [1.165, 1.54) is 6.92 Å². The summed E-state index contributed by atoms with van der Waals surface area (Å²) in [5.74, 6) is 0.481. The lowest BCUT2D eigenvalue weighted by atomic mass is 10.2. The number of hydrogen-bond donors (Lipinski definition) is 0. The minimum absolute atomic E-state index is 0.0155. The van der Waals surface area contributed by atoms with Crippen LogP contribution >= 0.6 is 15.9 Å². The summed E-state index contributed by atoms with van der Waals surface area (Å²) in [6, 6.07) is 4.03. The minimum Gasteiger partial charge on any atom is -0.325 e. The van der Waals surface area contributed by atoms with E-state index >= 15 is 0 Å². The third-order valence-electron chi connectivity index (χ3n) is 2.40. The molecule has 0 fully saturated rings. The lowest BCUT2D eigenvalue weighted by Crippen LogP contribution is -2.02. The van der Waals surface area contributed by atoms with Gasteiger partial charge in [-0.25, -0.2) is 4.98 Å². The first-order valence-electron chi connectivity index (χ1n) is 4.64. The fraction of sp³-hybridized carbons (Fsp3) is 0.273. The summed E-state index contributed by atoms with van der Waals surface area (Å²) in [7, 11) is 1.86. The second-order valence-corrected chi connectivity index (χ2v) is 4.52. The van der Waals surface area contributed by atoms with Crippen LogP contribution in [0.4, 0.5) is 0 Å². The average Bonchev–Trinajstić information content (AvgIpc) is 2.44. The molecule has 0 saturated carbocycles. The fourth-order valence-corrected chi connectivity index (χ4v) is 2.35. The highest BCUT2D eigenvalue weighted by molar-refractivity contribution is 9.10. The predicted octanol–water partition coefficient (Wildman–Crippen LogP) is 2.85. The van der Waals surface area contributed by atoms with Crippen LogP contribution in [-0.2, 0) is 7.05 Å². The molecule has 1 heterocycles. The first-order valence-corrected chi connectivity index (χ1v) is 5.43. The summed E-state index contributed by atoms with van der Waals surface area (Å²) in [4.78, 5) is 15.7. The zero-order valence-corrected chi connectivity index (χ0v) is 10.4. The monoisotopic (exact) mass is 266 g/mol. The zero-order chi connectivity index (χ0) is 11.2. The van der Waals surface area contributed by atoms with Crippen molar-refractivity contribution in [3.63, 3.8) is 0 Å². The van der Waals surface area contributed by atoms with Crippen LogP contribution in [0.15, 0.2) is 16.6 Å². The summed E-state index contributed by atoms with van der Waals surface area (Å²) in [6.07, 6.45) is 0. The number of fused-ring (bicyclic) bond motifs is 1. The molecule has 2 rings (SSSR count). The Balaban J connectivity index is 2.88. The third kappa shape index (κ3) is 1.59. The van der Waals surface area contributed by atoms with Gasteiger partial charge in [-0.2, -0.15) is 0 Å². The number of Topliss-reactive ketones (excluding diaryl/α,β-unsaturated/α-hetero) is 1. The van der Waals surface area contributed by atoms with Crippen LogP contribution in [-0.4, -0.2) is 15.3 Å². The van der Waals surface area contributed by atoms with E-state index < -0.39 is 0 Å². The summed E-state index contributed by atoms with van der Waals surface area (Å²) in [5, 5.41) is 0. The molecule has 15 heavy (non-hydrogen) atoms. The maximum atomic E-state index is 11.3. The van der Waals surface area contributed by atoms with E-state index in [4.69, 9.17) is 0 Å². The standard InChI is InChI=1S/C11H11BrN2O/c1-6-4-8(12)10-9(5-6)14(3)11(13-10)7(2)15/h4-5H,1-3H3. The molecular weight excluding hydrogens is 256 g/mol. The maximum absolute atomic E-state index is 11.3. The van der Waals surface area contributed by atoms with Gasteiger partial charge in [0.1, 0.15) is 5.52 Å². The largest absolute Gasteiger partial charge is 0.325 e. The van der Waals surface area contributed by atoms with E-state index in [9.17, 15) is 4.79 Å². The average molecular weight is 267 g/mol. The van der Waals surface area contributed by atoms with Crippen molar-refractivity contribution in [2.24, 2.45) is 7.05 Å². The lowest BCUT2D eigenvalue weighted by Gasteiger charge is -1.99. The first-order chi connectivity index (χ1) is 7.00. The van der Waals surface area contributed by atoms with Gasteiger partial charge in [-0.15, -0.1) is 0 Å². The Morgan fingerprint density at radius 3 is 2.73 bits per heavy atom. The fourth-order valence-electron chi connectivity index (χ4n) is 1.69. The normalized spacial score (nSPS) is 10.9. The molecule has 0 aliphatic heterocycles. The Kier molecular flexibility index (Phi) is 2.38. The van der Waals surface area contributed by atoms with Crippen LogP contribution in [0.5, 0.6) is 0 Å². The van der Waals surface area contributed by atoms with E-state index in [2.05, 4.69) is 20.9 Å². The molecule has 0 aliphatic rings. The van der Waals surface area contributed by atoms with Gasteiger partial charge in [0, 0.05) is 18.4 Å². The zero-order valence-electron chi connectivity index (χ0n) is 8.84. The number of halogens is 1. The molecule has 0 bridgehead atoms. The summed E-state index contributed by atoms with van der Waals surface area (Å²) >= 11 is 3.46. The Hall–Kier alpha value is -1.16.